The van der Waals surface area contributed by atoms with Crippen molar-refractivity contribution in [2.75, 3.05) is 11.1 Å². The fraction of sp³-hybridized carbons (Fsp3) is 0.0833. The summed E-state index contributed by atoms with van der Waals surface area (Å²) >= 11 is 11.5. The minimum Gasteiger partial charge on any atom is -0.396 e. The van der Waals surface area contributed by atoms with E-state index in [1.54, 1.807) is 0 Å². The topological polar surface area (TPSA) is 50.9 Å². The second kappa shape index (κ2) is 5.38. The van der Waals surface area contributed by atoms with Crippen molar-refractivity contribution in [3.63, 3.8) is 0 Å². The van der Waals surface area contributed by atoms with E-state index in [0.717, 1.165) is 12.1 Å². The number of nitrogens with one attached hydrogen (secondary N) is 1. The number of pyridine rings is 1. The molecule has 3 nitrogen and oxygen atoms in total. The van der Waals surface area contributed by atoms with E-state index in [4.69, 9.17) is 28.9 Å². The highest BCUT2D eigenvalue weighted by Gasteiger charge is 2.30. The number of nitrogen functional groups attached to an aromatic ring is 1. The van der Waals surface area contributed by atoms with Gasteiger partial charge in [-0.1, -0.05) is 23.2 Å². The zero-order chi connectivity index (χ0) is 14.9. The summed E-state index contributed by atoms with van der Waals surface area (Å²) in [5.74, 6) is 0.260. The molecule has 0 aliphatic heterocycles. The normalized spacial score (nSPS) is 11.4. The Bertz CT molecular complexity index is 644. The molecule has 0 saturated heterocycles. The molecule has 1 heterocycles. The highest BCUT2D eigenvalue weighted by molar-refractivity contribution is 6.33. The fourth-order valence-electron chi connectivity index (χ4n) is 1.48. The van der Waals surface area contributed by atoms with Crippen molar-refractivity contribution in [2.24, 2.45) is 0 Å². The quantitative estimate of drug-likeness (QED) is 0.840. The lowest BCUT2D eigenvalue weighted by Gasteiger charge is -2.12. The van der Waals surface area contributed by atoms with Gasteiger partial charge in [0.15, 0.2) is 5.82 Å². The van der Waals surface area contributed by atoms with Crippen LogP contribution in [0.4, 0.5) is 30.4 Å². The van der Waals surface area contributed by atoms with Gasteiger partial charge in [0.05, 0.1) is 27.0 Å². The minimum atomic E-state index is -4.44. The number of nitrogens with zero attached hydrogens (tertiary/aromatic N) is 1. The lowest BCUT2D eigenvalue weighted by Crippen LogP contribution is -2.05. The Kier molecular flexibility index (Phi) is 3.96. The van der Waals surface area contributed by atoms with Gasteiger partial charge in [-0.05, 0) is 24.3 Å². The molecule has 0 amide bonds. The molecule has 0 bridgehead atoms. The molecule has 1 aromatic carbocycles. The van der Waals surface area contributed by atoms with Gasteiger partial charge < -0.3 is 11.1 Å². The molecule has 2 rings (SSSR count). The van der Waals surface area contributed by atoms with Crippen molar-refractivity contribution in [2.45, 2.75) is 6.18 Å². The molecule has 0 aliphatic carbocycles. The maximum Gasteiger partial charge on any atom is 0.416 e. The number of benzene rings is 1. The molecule has 1 aromatic heterocycles. The average Bonchev–Trinajstić information content (AvgIpc) is 2.33. The Balaban J connectivity index is 2.30. The van der Waals surface area contributed by atoms with Crippen LogP contribution in [0.5, 0.6) is 0 Å². The van der Waals surface area contributed by atoms with Gasteiger partial charge in [-0.25, -0.2) is 4.98 Å². The van der Waals surface area contributed by atoms with Gasteiger partial charge in [-0.3, -0.25) is 0 Å². The first-order valence-electron chi connectivity index (χ1n) is 5.32. The molecule has 0 aliphatic rings. The molecule has 8 heteroatoms. The molecule has 0 saturated carbocycles. The average molecular weight is 322 g/mol. The van der Waals surface area contributed by atoms with Crippen molar-refractivity contribution in [1.29, 1.82) is 0 Å². The van der Waals surface area contributed by atoms with E-state index < -0.39 is 11.7 Å². The third-order valence-corrected chi connectivity index (χ3v) is 2.95. The van der Waals surface area contributed by atoms with Crippen molar-refractivity contribution in [3.8, 4) is 0 Å². The van der Waals surface area contributed by atoms with Crippen molar-refractivity contribution in [1.82, 2.24) is 4.98 Å². The second-order valence-electron chi connectivity index (χ2n) is 3.91. The third kappa shape index (κ3) is 3.26. The molecule has 0 spiro atoms. The molecule has 0 atom stereocenters. The van der Waals surface area contributed by atoms with E-state index in [1.807, 2.05) is 0 Å². The van der Waals surface area contributed by atoms with E-state index in [0.29, 0.717) is 5.02 Å². The summed E-state index contributed by atoms with van der Waals surface area (Å²) in [6.07, 6.45) is -3.09. The lowest BCUT2D eigenvalue weighted by molar-refractivity contribution is -0.137. The predicted molar refractivity (Wildman–Crippen MR) is 73.4 cm³/mol. The van der Waals surface area contributed by atoms with Crippen LogP contribution in [0.15, 0.2) is 30.5 Å². The van der Waals surface area contributed by atoms with E-state index in [9.17, 15) is 13.2 Å². The Morgan fingerprint density at radius 1 is 1.15 bits per heavy atom. The zero-order valence-corrected chi connectivity index (χ0v) is 11.3. The van der Waals surface area contributed by atoms with Gasteiger partial charge in [0, 0.05) is 6.20 Å². The number of anilines is 3. The lowest BCUT2D eigenvalue weighted by atomic mass is 10.2. The number of alkyl halides is 3. The Hall–Kier alpha value is -1.66. The number of rotatable bonds is 2. The van der Waals surface area contributed by atoms with Crippen LogP contribution in [-0.2, 0) is 6.18 Å². The number of hydrogen-bond acceptors (Lipinski definition) is 3. The zero-order valence-electron chi connectivity index (χ0n) is 9.80. The van der Waals surface area contributed by atoms with Gasteiger partial charge in [0.1, 0.15) is 0 Å². The van der Waals surface area contributed by atoms with E-state index >= 15 is 0 Å². The maximum absolute atomic E-state index is 12.5. The van der Waals surface area contributed by atoms with Crippen LogP contribution in [0.2, 0.25) is 10.0 Å². The summed E-state index contributed by atoms with van der Waals surface area (Å²) < 4.78 is 37.5. The van der Waals surface area contributed by atoms with Gasteiger partial charge in [-0.15, -0.1) is 0 Å². The highest BCUT2D eigenvalue weighted by atomic mass is 35.5. The van der Waals surface area contributed by atoms with E-state index in [1.165, 1.54) is 18.3 Å². The number of hydrogen-bond donors (Lipinski definition) is 2. The molecule has 0 fully saturated rings. The van der Waals surface area contributed by atoms with Gasteiger partial charge >= 0.3 is 6.18 Å². The summed E-state index contributed by atoms with van der Waals surface area (Å²) in [6, 6.07) is 4.42. The molecule has 2 aromatic rings. The first-order valence-corrected chi connectivity index (χ1v) is 6.08. The minimum absolute atomic E-state index is 0.0871. The Labute approximate surface area is 122 Å². The van der Waals surface area contributed by atoms with E-state index in [2.05, 4.69) is 10.3 Å². The van der Waals surface area contributed by atoms with Gasteiger partial charge in [0.25, 0.3) is 0 Å². The number of nitrogens with two attached hydrogens (primary N) is 1. The van der Waals surface area contributed by atoms with Crippen molar-refractivity contribution >= 4 is 40.4 Å². The SMILES string of the molecule is Nc1cc(Cl)cnc1Nc1ccc(C(F)(F)F)cc1Cl. The summed E-state index contributed by atoms with van der Waals surface area (Å²) in [5.41, 5.74) is 5.38. The fourth-order valence-corrected chi connectivity index (χ4v) is 1.87. The Morgan fingerprint density at radius 3 is 2.40 bits per heavy atom. The Morgan fingerprint density at radius 2 is 1.85 bits per heavy atom. The van der Waals surface area contributed by atoms with Gasteiger partial charge in [-0.2, -0.15) is 13.2 Å². The predicted octanol–water partition coefficient (Wildman–Crippen LogP) is 4.73. The van der Waals surface area contributed by atoms with Crippen LogP contribution in [0.1, 0.15) is 5.56 Å². The van der Waals surface area contributed by atoms with Crippen LogP contribution < -0.4 is 11.1 Å². The first-order chi connectivity index (χ1) is 9.27. The van der Waals surface area contributed by atoms with Gasteiger partial charge in [0.2, 0.25) is 0 Å². The largest absolute Gasteiger partial charge is 0.416 e. The van der Waals surface area contributed by atoms with Crippen LogP contribution in [0.3, 0.4) is 0 Å². The summed E-state index contributed by atoms with van der Waals surface area (Å²) in [5, 5.41) is 3.02. The molecule has 0 radical (unpaired) electrons. The third-order valence-electron chi connectivity index (χ3n) is 2.43. The molecule has 0 unspecified atom stereocenters. The highest BCUT2D eigenvalue weighted by Crippen LogP contribution is 2.35. The van der Waals surface area contributed by atoms with Crippen LogP contribution in [0.25, 0.3) is 0 Å². The number of halogens is 5. The van der Waals surface area contributed by atoms with Crippen molar-refractivity contribution < 1.29 is 13.2 Å². The summed E-state index contributed by atoms with van der Waals surface area (Å²) in [6.45, 7) is 0. The second-order valence-corrected chi connectivity index (χ2v) is 4.75. The van der Waals surface area contributed by atoms with Crippen LogP contribution in [0, 0.1) is 0 Å². The molecule has 20 heavy (non-hydrogen) atoms. The number of aromatic nitrogens is 1. The summed E-state index contributed by atoms with van der Waals surface area (Å²) in [4.78, 5) is 3.94. The molecule has 3 N–H and O–H groups in total. The molecular formula is C12H8Cl2F3N3. The molecular weight excluding hydrogens is 314 g/mol. The maximum atomic E-state index is 12.5. The van der Waals surface area contributed by atoms with Crippen molar-refractivity contribution in [3.05, 3.63) is 46.1 Å². The summed E-state index contributed by atoms with van der Waals surface area (Å²) in [7, 11) is 0. The first kappa shape index (κ1) is 14.7. The standard InChI is InChI=1S/C12H8Cl2F3N3/c13-7-4-9(18)11(19-5-7)20-10-2-1-6(3-8(10)14)12(15,16)17/h1-5H,18H2,(H,19,20). The van der Waals surface area contributed by atoms with E-state index in [-0.39, 0.29) is 22.2 Å². The van der Waals surface area contributed by atoms with Crippen LogP contribution >= 0.6 is 23.2 Å². The monoisotopic (exact) mass is 321 g/mol. The van der Waals surface area contributed by atoms with Crippen LogP contribution in [-0.4, -0.2) is 4.98 Å². The molecule has 106 valence electrons. The smallest absolute Gasteiger partial charge is 0.396 e.